The van der Waals surface area contributed by atoms with Gasteiger partial charge in [-0.2, -0.15) is 0 Å². The molecule has 5 heteroatoms. The highest BCUT2D eigenvalue weighted by Crippen LogP contribution is 2.11. The minimum absolute atomic E-state index is 0.731. The van der Waals surface area contributed by atoms with Gasteiger partial charge in [-0.25, -0.2) is 4.98 Å². The molecule has 2 aromatic rings. The fourth-order valence-corrected chi connectivity index (χ4v) is 2.12. The van der Waals surface area contributed by atoms with E-state index in [1.54, 1.807) is 0 Å². The van der Waals surface area contributed by atoms with Crippen LogP contribution in [0.4, 0.5) is 5.95 Å². The number of ether oxygens (including phenoxy) is 1. The van der Waals surface area contributed by atoms with E-state index in [9.17, 15) is 0 Å². The molecule has 2 aromatic heterocycles. The molecule has 0 aromatic carbocycles. The van der Waals surface area contributed by atoms with Crippen LogP contribution in [0.1, 0.15) is 30.3 Å². The van der Waals surface area contributed by atoms with Crippen molar-refractivity contribution in [1.29, 1.82) is 0 Å². The van der Waals surface area contributed by atoms with Crippen LogP contribution in [0.3, 0.4) is 0 Å². The second-order valence-corrected chi connectivity index (χ2v) is 5.11. The molecule has 21 heavy (non-hydrogen) atoms. The van der Waals surface area contributed by atoms with Gasteiger partial charge in [-0.3, -0.25) is 4.98 Å². The Morgan fingerprint density at radius 1 is 1.24 bits per heavy atom. The highest BCUT2D eigenvalue weighted by atomic mass is 16.5. The number of pyridine rings is 1. The number of hydrogen-bond donors (Lipinski definition) is 1. The summed E-state index contributed by atoms with van der Waals surface area (Å²) in [5, 5.41) is 3.38. The van der Waals surface area contributed by atoms with Crippen molar-refractivity contribution >= 4 is 5.95 Å². The predicted molar refractivity (Wildman–Crippen MR) is 84.4 cm³/mol. The van der Waals surface area contributed by atoms with E-state index in [1.165, 1.54) is 0 Å². The summed E-state index contributed by atoms with van der Waals surface area (Å²) >= 11 is 0. The average Bonchev–Trinajstić information content (AvgIpc) is 2.83. The van der Waals surface area contributed by atoms with Crippen LogP contribution in [0.15, 0.2) is 24.5 Å². The van der Waals surface area contributed by atoms with Crippen molar-refractivity contribution in [3.8, 4) is 0 Å². The summed E-state index contributed by atoms with van der Waals surface area (Å²) in [5.41, 5.74) is 3.21. The zero-order valence-corrected chi connectivity index (χ0v) is 13.1. The number of rotatable bonds is 8. The van der Waals surface area contributed by atoms with E-state index in [-0.39, 0.29) is 0 Å². The van der Waals surface area contributed by atoms with E-state index in [1.807, 2.05) is 33.0 Å². The molecule has 0 saturated carbocycles. The van der Waals surface area contributed by atoms with Gasteiger partial charge >= 0.3 is 0 Å². The molecule has 0 unspecified atom stereocenters. The molecule has 0 aliphatic rings. The molecular formula is C16H24N4O. The van der Waals surface area contributed by atoms with E-state index in [2.05, 4.69) is 32.1 Å². The number of aryl methyl sites for hydroxylation is 3. The number of nitrogens with one attached hydrogen (secondary N) is 1. The maximum Gasteiger partial charge on any atom is 0.203 e. The van der Waals surface area contributed by atoms with Crippen molar-refractivity contribution in [2.24, 2.45) is 0 Å². The first-order valence-electron chi connectivity index (χ1n) is 7.46. The molecule has 0 saturated heterocycles. The van der Waals surface area contributed by atoms with Gasteiger partial charge in [-0.1, -0.05) is 6.07 Å². The van der Waals surface area contributed by atoms with Crippen LogP contribution < -0.4 is 5.32 Å². The zero-order valence-electron chi connectivity index (χ0n) is 13.1. The molecule has 1 N–H and O–H groups in total. The summed E-state index contributed by atoms with van der Waals surface area (Å²) in [5.74, 6) is 0.907. The highest BCUT2D eigenvalue weighted by molar-refractivity contribution is 5.30. The molecule has 0 spiro atoms. The second kappa shape index (κ2) is 7.78. The molecular weight excluding hydrogens is 264 g/mol. The number of nitrogens with zero attached hydrogens (tertiary/aromatic N) is 3. The van der Waals surface area contributed by atoms with Crippen molar-refractivity contribution < 1.29 is 4.74 Å². The minimum atomic E-state index is 0.731. The molecule has 0 atom stereocenters. The lowest BCUT2D eigenvalue weighted by atomic mass is 10.2. The highest BCUT2D eigenvalue weighted by Gasteiger charge is 2.05. The van der Waals surface area contributed by atoms with Crippen LogP contribution in [-0.4, -0.2) is 27.7 Å². The summed E-state index contributed by atoms with van der Waals surface area (Å²) in [4.78, 5) is 8.84. The Morgan fingerprint density at radius 2 is 2.10 bits per heavy atom. The van der Waals surface area contributed by atoms with Gasteiger partial charge in [-0.05, 0) is 38.8 Å². The lowest BCUT2D eigenvalue weighted by molar-refractivity contribution is 0.142. The van der Waals surface area contributed by atoms with Crippen molar-refractivity contribution in [1.82, 2.24) is 14.5 Å². The second-order valence-electron chi connectivity index (χ2n) is 5.11. The Balaban J connectivity index is 1.91. The SMILES string of the molecule is CCOCCCn1cc(C)nc1NCc1ccc(C)nc1. The number of aromatic nitrogens is 3. The monoisotopic (exact) mass is 288 g/mol. The van der Waals surface area contributed by atoms with Gasteiger partial charge in [0.25, 0.3) is 0 Å². The Labute approximate surface area is 126 Å². The topological polar surface area (TPSA) is 52.0 Å². The molecule has 2 heterocycles. The van der Waals surface area contributed by atoms with Crippen molar-refractivity contribution in [3.63, 3.8) is 0 Å². The van der Waals surface area contributed by atoms with Gasteiger partial charge < -0.3 is 14.6 Å². The summed E-state index contributed by atoms with van der Waals surface area (Å²) < 4.78 is 7.53. The van der Waals surface area contributed by atoms with E-state index in [0.29, 0.717) is 0 Å². The van der Waals surface area contributed by atoms with Gasteiger partial charge in [0, 0.05) is 44.4 Å². The maximum atomic E-state index is 5.38. The van der Waals surface area contributed by atoms with E-state index < -0.39 is 0 Å². The normalized spacial score (nSPS) is 10.8. The standard InChI is InChI=1S/C16H24N4O/c1-4-21-9-5-8-20-12-14(3)19-16(20)18-11-15-7-6-13(2)17-10-15/h6-7,10,12H,4-5,8-9,11H2,1-3H3,(H,18,19). The van der Waals surface area contributed by atoms with Gasteiger partial charge in [0.1, 0.15) is 0 Å². The Hall–Kier alpha value is -1.88. The third-order valence-electron chi connectivity index (χ3n) is 3.21. The first-order chi connectivity index (χ1) is 10.2. The van der Waals surface area contributed by atoms with Crippen LogP contribution in [-0.2, 0) is 17.8 Å². The molecule has 2 rings (SSSR count). The average molecular weight is 288 g/mol. The van der Waals surface area contributed by atoms with Crippen molar-refractivity contribution in [3.05, 3.63) is 41.5 Å². The molecule has 0 radical (unpaired) electrons. The number of imidazole rings is 1. The van der Waals surface area contributed by atoms with E-state index in [0.717, 1.165) is 55.6 Å². The third kappa shape index (κ3) is 4.86. The molecule has 0 bridgehead atoms. The van der Waals surface area contributed by atoms with E-state index in [4.69, 9.17) is 4.74 Å². The maximum absolute atomic E-state index is 5.38. The van der Waals surface area contributed by atoms with Gasteiger partial charge in [-0.15, -0.1) is 0 Å². The van der Waals surface area contributed by atoms with Gasteiger partial charge in [0.05, 0.1) is 5.69 Å². The van der Waals surface area contributed by atoms with Crippen molar-refractivity contribution in [2.75, 3.05) is 18.5 Å². The Morgan fingerprint density at radius 3 is 2.81 bits per heavy atom. The van der Waals surface area contributed by atoms with E-state index >= 15 is 0 Å². The van der Waals surface area contributed by atoms with Crippen LogP contribution in [0, 0.1) is 13.8 Å². The van der Waals surface area contributed by atoms with Gasteiger partial charge in [0.15, 0.2) is 0 Å². The van der Waals surface area contributed by atoms with Crippen LogP contribution >= 0.6 is 0 Å². The summed E-state index contributed by atoms with van der Waals surface area (Å²) in [6.45, 7) is 9.22. The lowest BCUT2D eigenvalue weighted by Gasteiger charge is -2.10. The first kappa shape index (κ1) is 15.5. The van der Waals surface area contributed by atoms with Crippen LogP contribution in [0.25, 0.3) is 0 Å². The number of anilines is 1. The fraction of sp³-hybridized carbons (Fsp3) is 0.500. The number of hydrogen-bond acceptors (Lipinski definition) is 4. The summed E-state index contributed by atoms with van der Waals surface area (Å²) in [7, 11) is 0. The quantitative estimate of drug-likeness (QED) is 0.759. The Kier molecular flexibility index (Phi) is 5.75. The molecule has 5 nitrogen and oxygen atoms in total. The predicted octanol–water partition coefficient (Wildman–Crippen LogP) is 2.93. The summed E-state index contributed by atoms with van der Waals surface area (Å²) in [6, 6.07) is 4.11. The first-order valence-corrected chi connectivity index (χ1v) is 7.46. The Bertz CT molecular complexity index is 548. The van der Waals surface area contributed by atoms with Crippen molar-refractivity contribution in [2.45, 2.75) is 40.3 Å². The molecule has 0 aliphatic heterocycles. The van der Waals surface area contributed by atoms with Crippen LogP contribution in [0.5, 0.6) is 0 Å². The minimum Gasteiger partial charge on any atom is -0.382 e. The fourth-order valence-electron chi connectivity index (χ4n) is 2.12. The molecule has 0 amide bonds. The lowest BCUT2D eigenvalue weighted by Crippen LogP contribution is -2.09. The van der Waals surface area contributed by atoms with Gasteiger partial charge in [0.2, 0.25) is 5.95 Å². The molecule has 114 valence electrons. The smallest absolute Gasteiger partial charge is 0.203 e. The molecule has 0 aliphatic carbocycles. The summed E-state index contributed by atoms with van der Waals surface area (Å²) in [6.07, 6.45) is 4.96. The zero-order chi connectivity index (χ0) is 15.1. The van der Waals surface area contributed by atoms with Crippen LogP contribution in [0.2, 0.25) is 0 Å². The largest absolute Gasteiger partial charge is 0.382 e. The third-order valence-corrected chi connectivity index (χ3v) is 3.21. The molecule has 0 fully saturated rings.